The SMILES string of the molecule is CC1(C)c2c(-c3ccc4ccccc4c3)cccc2-c2c(-c3ccc(N(c4ccc(-c5ccccc5)cc4)c4ccc5ccccc5c4)cc3)ccc3cccc1c23. The Labute approximate surface area is 340 Å². The molecule has 1 aliphatic carbocycles. The van der Waals surface area contributed by atoms with E-state index in [-0.39, 0.29) is 5.41 Å². The van der Waals surface area contributed by atoms with E-state index in [1.807, 2.05) is 0 Å². The molecule has 0 radical (unpaired) electrons. The van der Waals surface area contributed by atoms with Crippen LogP contribution in [-0.4, -0.2) is 0 Å². The van der Waals surface area contributed by atoms with Crippen LogP contribution in [0.4, 0.5) is 17.1 Å². The number of fused-ring (bicyclic) bond motifs is 4. The first-order valence-corrected chi connectivity index (χ1v) is 20.3. The molecular weight excluding hydrogens is 699 g/mol. The fraction of sp³-hybridized carbons (Fsp3) is 0.0526. The third-order valence-corrected chi connectivity index (χ3v) is 12.4. The molecule has 0 fully saturated rings. The van der Waals surface area contributed by atoms with Crippen molar-refractivity contribution in [2.24, 2.45) is 0 Å². The molecule has 274 valence electrons. The summed E-state index contributed by atoms with van der Waals surface area (Å²) < 4.78 is 0. The van der Waals surface area contributed by atoms with E-state index in [0.29, 0.717) is 0 Å². The predicted octanol–water partition coefficient (Wildman–Crippen LogP) is 15.9. The molecule has 0 aromatic heterocycles. The van der Waals surface area contributed by atoms with Crippen LogP contribution in [0.2, 0.25) is 0 Å². The lowest BCUT2D eigenvalue weighted by Gasteiger charge is -2.38. The minimum Gasteiger partial charge on any atom is -0.310 e. The van der Waals surface area contributed by atoms with Crippen LogP contribution in [0.1, 0.15) is 25.0 Å². The smallest absolute Gasteiger partial charge is 0.0468 e. The molecule has 0 saturated heterocycles. The van der Waals surface area contributed by atoms with Crippen molar-refractivity contribution in [1.29, 1.82) is 0 Å². The fourth-order valence-electron chi connectivity index (χ4n) is 9.57. The Bertz CT molecular complexity index is 3170. The summed E-state index contributed by atoms with van der Waals surface area (Å²) in [6.45, 7) is 4.81. The van der Waals surface area contributed by atoms with Crippen molar-refractivity contribution in [3.8, 4) is 44.5 Å². The number of rotatable bonds is 6. The molecule has 0 N–H and O–H groups in total. The fourth-order valence-corrected chi connectivity index (χ4v) is 9.57. The molecule has 1 aliphatic rings. The summed E-state index contributed by atoms with van der Waals surface area (Å²) in [5, 5.41) is 7.62. The highest BCUT2D eigenvalue weighted by Crippen LogP contribution is 2.54. The van der Waals surface area contributed by atoms with Gasteiger partial charge >= 0.3 is 0 Å². The minimum absolute atomic E-state index is 0.205. The maximum absolute atomic E-state index is 2.41. The van der Waals surface area contributed by atoms with Gasteiger partial charge in [0, 0.05) is 22.5 Å². The first-order valence-electron chi connectivity index (χ1n) is 20.3. The molecule has 1 heteroatoms. The van der Waals surface area contributed by atoms with E-state index < -0.39 is 0 Å². The molecule has 58 heavy (non-hydrogen) atoms. The van der Waals surface area contributed by atoms with E-state index in [0.717, 1.165) is 17.1 Å². The van der Waals surface area contributed by atoms with Gasteiger partial charge in [0.15, 0.2) is 0 Å². The summed E-state index contributed by atoms with van der Waals surface area (Å²) in [5.41, 5.74) is 16.0. The Morgan fingerprint density at radius 3 is 1.57 bits per heavy atom. The maximum Gasteiger partial charge on any atom is 0.0468 e. The first-order chi connectivity index (χ1) is 28.5. The van der Waals surface area contributed by atoms with Gasteiger partial charge in [-0.05, 0) is 130 Å². The van der Waals surface area contributed by atoms with Crippen LogP contribution in [0.15, 0.2) is 212 Å². The van der Waals surface area contributed by atoms with Crippen LogP contribution >= 0.6 is 0 Å². The second-order valence-electron chi connectivity index (χ2n) is 16.1. The highest BCUT2D eigenvalue weighted by molar-refractivity contribution is 6.10. The maximum atomic E-state index is 2.41. The Balaban J connectivity index is 1.06. The standard InChI is InChI=1S/C57H41N/c1-57(2)53-21-10-18-43-29-35-50(55(54(43)53)52-20-11-19-51(56(52)57)46-23-22-39-14-6-8-16-44(39)36-46)42-27-32-48(33-28-42)58(49-34-26-40-15-7-9-17-45(40)37-49)47-30-24-41(25-31-47)38-12-4-3-5-13-38/h3-37H,1-2H3. The van der Waals surface area contributed by atoms with Crippen LogP contribution in [0, 0.1) is 0 Å². The Kier molecular flexibility index (Phi) is 7.91. The van der Waals surface area contributed by atoms with Gasteiger partial charge in [-0.2, -0.15) is 0 Å². The van der Waals surface area contributed by atoms with Gasteiger partial charge in [0.05, 0.1) is 0 Å². The Hall–Kier alpha value is -7.22. The molecule has 0 atom stereocenters. The van der Waals surface area contributed by atoms with Crippen molar-refractivity contribution < 1.29 is 0 Å². The van der Waals surface area contributed by atoms with Gasteiger partial charge in [-0.25, -0.2) is 0 Å². The number of anilines is 3. The molecule has 11 rings (SSSR count). The van der Waals surface area contributed by atoms with Crippen molar-refractivity contribution in [2.75, 3.05) is 4.90 Å². The lowest BCUT2D eigenvalue weighted by atomic mass is 9.65. The van der Waals surface area contributed by atoms with Crippen molar-refractivity contribution in [3.63, 3.8) is 0 Å². The summed E-state index contributed by atoms with van der Waals surface area (Å²) in [5.74, 6) is 0. The number of hydrogen-bond acceptors (Lipinski definition) is 1. The third kappa shape index (κ3) is 5.54. The van der Waals surface area contributed by atoms with E-state index in [2.05, 4.69) is 231 Å². The molecule has 1 nitrogen and oxygen atoms in total. The number of nitrogens with zero attached hydrogens (tertiary/aromatic N) is 1. The van der Waals surface area contributed by atoms with E-state index in [1.54, 1.807) is 0 Å². The molecule has 0 aliphatic heterocycles. The van der Waals surface area contributed by atoms with Gasteiger partial charge in [0.1, 0.15) is 0 Å². The zero-order valence-electron chi connectivity index (χ0n) is 32.7. The van der Waals surface area contributed by atoms with Gasteiger partial charge in [0.25, 0.3) is 0 Å². The van der Waals surface area contributed by atoms with Crippen molar-refractivity contribution in [1.82, 2.24) is 0 Å². The molecule has 0 spiro atoms. The summed E-state index contributed by atoms with van der Waals surface area (Å²) in [7, 11) is 0. The van der Waals surface area contributed by atoms with Crippen molar-refractivity contribution >= 4 is 49.4 Å². The quantitative estimate of drug-likeness (QED) is 0.164. The van der Waals surface area contributed by atoms with Crippen LogP contribution in [-0.2, 0) is 5.41 Å². The number of hydrogen-bond donors (Lipinski definition) is 0. The highest BCUT2D eigenvalue weighted by atomic mass is 15.1. The van der Waals surface area contributed by atoms with Crippen molar-refractivity contribution in [2.45, 2.75) is 19.3 Å². The summed E-state index contributed by atoms with van der Waals surface area (Å²) in [6, 6.07) is 78.1. The Morgan fingerprint density at radius 1 is 0.328 bits per heavy atom. The minimum atomic E-state index is -0.205. The molecule has 0 bridgehead atoms. The van der Waals surface area contributed by atoms with Gasteiger partial charge < -0.3 is 4.90 Å². The van der Waals surface area contributed by atoms with Gasteiger partial charge in [-0.15, -0.1) is 0 Å². The molecular formula is C57H41N. The lowest BCUT2D eigenvalue weighted by molar-refractivity contribution is 0.647. The largest absolute Gasteiger partial charge is 0.310 e. The molecule has 0 unspecified atom stereocenters. The van der Waals surface area contributed by atoms with Gasteiger partial charge in [-0.3, -0.25) is 0 Å². The topological polar surface area (TPSA) is 3.24 Å². The van der Waals surface area contributed by atoms with Crippen LogP contribution < -0.4 is 4.90 Å². The van der Waals surface area contributed by atoms with E-state index in [1.165, 1.54) is 88.0 Å². The molecule has 0 heterocycles. The van der Waals surface area contributed by atoms with Gasteiger partial charge in [0.2, 0.25) is 0 Å². The van der Waals surface area contributed by atoms with Crippen LogP contribution in [0.3, 0.4) is 0 Å². The zero-order valence-corrected chi connectivity index (χ0v) is 32.7. The van der Waals surface area contributed by atoms with E-state index in [4.69, 9.17) is 0 Å². The second-order valence-corrected chi connectivity index (χ2v) is 16.1. The Morgan fingerprint density at radius 2 is 0.845 bits per heavy atom. The molecule has 10 aromatic rings. The average molecular weight is 740 g/mol. The average Bonchev–Trinajstić information content (AvgIpc) is 3.28. The van der Waals surface area contributed by atoms with E-state index >= 15 is 0 Å². The summed E-state index contributed by atoms with van der Waals surface area (Å²) in [4.78, 5) is 2.38. The van der Waals surface area contributed by atoms with Crippen LogP contribution in [0.5, 0.6) is 0 Å². The first kappa shape index (κ1) is 34.1. The highest BCUT2D eigenvalue weighted by Gasteiger charge is 2.36. The summed E-state index contributed by atoms with van der Waals surface area (Å²) >= 11 is 0. The molecule has 10 aromatic carbocycles. The predicted molar refractivity (Wildman–Crippen MR) is 248 cm³/mol. The van der Waals surface area contributed by atoms with E-state index in [9.17, 15) is 0 Å². The third-order valence-electron chi connectivity index (χ3n) is 12.4. The van der Waals surface area contributed by atoms with Gasteiger partial charge in [-0.1, -0.05) is 184 Å². The number of benzene rings is 10. The monoisotopic (exact) mass is 739 g/mol. The normalized spacial score (nSPS) is 12.8. The molecule has 0 amide bonds. The molecule has 0 saturated carbocycles. The summed E-state index contributed by atoms with van der Waals surface area (Å²) in [6.07, 6.45) is 0. The zero-order chi connectivity index (χ0) is 38.8. The lowest BCUT2D eigenvalue weighted by Crippen LogP contribution is -2.25. The van der Waals surface area contributed by atoms with Crippen LogP contribution in [0.25, 0.3) is 76.8 Å². The van der Waals surface area contributed by atoms with Crippen molar-refractivity contribution in [3.05, 3.63) is 223 Å². The second kappa shape index (κ2) is 13.5.